The Morgan fingerprint density at radius 2 is 1.65 bits per heavy atom. The van der Waals surface area contributed by atoms with Gasteiger partial charge in [-0.2, -0.15) is 0 Å². The van der Waals surface area contributed by atoms with Gasteiger partial charge < -0.3 is 28.4 Å². The van der Waals surface area contributed by atoms with E-state index >= 15 is 0 Å². The average Bonchev–Trinajstić information content (AvgIpc) is 2.78. The van der Waals surface area contributed by atoms with Gasteiger partial charge in [-0.25, -0.2) is 4.79 Å². The molecule has 2 aromatic rings. The molecule has 0 heterocycles. The van der Waals surface area contributed by atoms with Crippen LogP contribution in [0.2, 0.25) is 0 Å². The third kappa shape index (κ3) is 8.53. The van der Waals surface area contributed by atoms with Gasteiger partial charge in [-0.3, -0.25) is 4.79 Å². The summed E-state index contributed by atoms with van der Waals surface area (Å²) in [5.41, 5.74) is 2.28. The Hall–Kier alpha value is -3.36. The zero-order chi connectivity index (χ0) is 25.1. The Kier molecular flexibility index (Phi) is 10.1. The number of rotatable bonds is 11. The second kappa shape index (κ2) is 12.8. The van der Waals surface area contributed by atoms with Gasteiger partial charge in [0, 0.05) is 31.9 Å². The Bertz CT molecular complexity index is 1000. The van der Waals surface area contributed by atoms with Crippen LogP contribution < -0.4 is 9.47 Å². The topological polar surface area (TPSA) is 89.5 Å². The maximum Gasteiger partial charge on any atom is 0.331 e. The van der Waals surface area contributed by atoms with Crippen LogP contribution >= 0.6 is 0 Å². The summed E-state index contributed by atoms with van der Waals surface area (Å²) in [6.45, 7) is 5.46. The van der Waals surface area contributed by atoms with E-state index in [0.29, 0.717) is 22.6 Å². The molecule has 0 amide bonds. The molecule has 0 aliphatic rings. The molecule has 0 aliphatic carbocycles. The summed E-state index contributed by atoms with van der Waals surface area (Å²) in [4.78, 5) is 24.2. The third-order valence-corrected chi connectivity index (χ3v) is 4.39. The van der Waals surface area contributed by atoms with E-state index in [0.717, 1.165) is 11.1 Å². The van der Waals surface area contributed by atoms with Crippen LogP contribution in [0.4, 0.5) is 0 Å². The van der Waals surface area contributed by atoms with Crippen molar-refractivity contribution in [1.29, 1.82) is 0 Å². The maximum absolute atomic E-state index is 12.2. The summed E-state index contributed by atoms with van der Waals surface area (Å²) in [5, 5.41) is 0. The van der Waals surface area contributed by atoms with E-state index in [9.17, 15) is 9.59 Å². The molecule has 0 saturated carbocycles. The highest BCUT2D eigenvalue weighted by atomic mass is 16.7. The lowest BCUT2D eigenvalue weighted by atomic mass is 9.94. The Morgan fingerprint density at radius 1 is 0.941 bits per heavy atom. The minimum atomic E-state index is -0.577. The van der Waals surface area contributed by atoms with E-state index in [-0.39, 0.29) is 20.0 Å². The predicted octanol–water partition coefficient (Wildman–Crippen LogP) is 4.39. The summed E-state index contributed by atoms with van der Waals surface area (Å²) in [6, 6.07) is 10.9. The monoisotopic (exact) mass is 472 g/mol. The molecule has 34 heavy (non-hydrogen) atoms. The number of carbonyl (C=O) groups is 2. The van der Waals surface area contributed by atoms with Gasteiger partial charge in [0.25, 0.3) is 0 Å². The Balaban J connectivity index is 2.53. The molecule has 0 fully saturated rings. The largest absolute Gasteiger partial charge is 0.469 e. The number of esters is 2. The lowest BCUT2D eigenvalue weighted by Crippen LogP contribution is -2.22. The fourth-order valence-corrected chi connectivity index (χ4v) is 3.08. The predicted molar refractivity (Wildman–Crippen MR) is 127 cm³/mol. The molecule has 2 aromatic carbocycles. The van der Waals surface area contributed by atoms with E-state index < -0.39 is 17.5 Å². The summed E-state index contributed by atoms with van der Waals surface area (Å²) in [5.74, 6) is 0.0797. The number of hydrogen-bond acceptors (Lipinski definition) is 8. The average molecular weight is 473 g/mol. The number of methoxy groups -OCH3 is 3. The lowest BCUT2D eigenvalue weighted by Gasteiger charge is -2.18. The first-order valence-corrected chi connectivity index (χ1v) is 10.7. The summed E-state index contributed by atoms with van der Waals surface area (Å²) < 4.78 is 31.7. The molecule has 8 heteroatoms. The molecule has 0 N–H and O–H groups in total. The number of hydrogen-bond donors (Lipinski definition) is 0. The molecule has 0 unspecified atom stereocenters. The van der Waals surface area contributed by atoms with Crippen LogP contribution in [-0.4, -0.2) is 52.5 Å². The first-order valence-electron chi connectivity index (χ1n) is 10.7. The van der Waals surface area contributed by atoms with Crippen molar-refractivity contribution in [2.75, 3.05) is 34.9 Å². The van der Waals surface area contributed by atoms with Crippen LogP contribution in [-0.2, 0) is 35.0 Å². The summed E-state index contributed by atoms with van der Waals surface area (Å²) in [7, 11) is 4.36. The lowest BCUT2D eigenvalue weighted by molar-refractivity contribution is -0.148. The first kappa shape index (κ1) is 26.9. The fraction of sp³-hybridized carbons (Fsp3) is 0.385. The second-order valence-electron chi connectivity index (χ2n) is 8.30. The molecule has 184 valence electrons. The van der Waals surface area contributed by atoms with Crippen molar-refractivity contribution >= 4 is 18.0 Å². The minimum absolute atomic E-state index is 0.00265. The first-order chi connectivity index (χ1) is 16.2. The van der Waals surface area contributed by atoms with E-state index in [1.165, 1.54) is 27.4 Å². The maximum atomic E-state index is 12.2. The smallest absolute Gasteiger partial charge is 0.331 e. The van der Waals surface area contributed by atoms with Gasteiger partial charge in [0.15, 0.2) is 13.6 Å². The zero-order valence-electron chi connectivity index (χ0n) is 20.5. The van der Waals surface area contributed by atoms with Gasteiger partial charge in [0.2, 0.25) is 0 Å². The van der Waals surface area contributed by atoms with Crippen LogP contribution in [0.3, 0.4) is 0 Å². The van der Waals surface area contributed by atoms with Crippen molar-refractivity contribution in [3.63, 3.8) is 0 Å². The van der Waals surface area contributed by atoms with E-state index in [1.54, 1.807) is 18.2 Å². The van der Waals surface area contributed by atoms with Crippen molar-refractivity contribution in [2.24, 2.45) is 0 Å². The molecule has 0 atom stereocenters. The molecular weight excluding hydrogens is 440 g/mol. The van der Waals surface area contributed by atoms with Crippen LogP contribution in [0.25, 0.3) is 17.2 Å². The van der Waals surface area contributed by atoms with Gasteiger partial charge in [0.1, 0.15) is 17.1 Å². The fourth-order valence-electron chi connectivity index (χ4n) is 3.08. The van der Waals surface area contributed by atoms with Crippen molar-refractivity contribution in [3.8, 4) is 22.6 Å². The molecule has 2 rings (SSSR count). The van der Waals surface area contributed by atoms with Gasteiger partial charge in [0.05, 0.1) is 13.5 Å². The SMILES string of the molecule is COCOc1cc(CC(=O)OC)c(-c2cccc(/C=C/C(=O)OC(C)(C)C)c2)c(OCOC)c1. The normalized spacial score (nSPS) is 11.4. The van der Waals surface area contributed by atoms with Crippen LogP contribution in [0.15, 0.2) is 42.5 Å². The molecule has 0 aromatic heterocycles. The molecule has 0 bridgehead atoms. The van der Waals surface area contributed by atoms with E-state index in [4.69, 9.17) is 28.4 Å². The molecule has 0 aliphatic heterocycles. The van der Waals surface area contributed by atoms with Crippen LogP contribution in [0.5, 0.6) is 11.5 Å². The highest BCUT2D eigenvalue weighted by molar-refractivity contribution is 5.88. The number of benzene rings is 2. The van der Waals surface area contributed by atoms with Crippen molar-refractivity contribution in [2.45, 2.75) is 32.8 Å². The zero-order valence-corrected chi connectivity index (χ0v) is 20.5. The van der Waals surface area contributed by atoms with Crippen molar-refractivity contribution in [1.82, 2.24) is 0 Å². The van der Waals surface area contributed by atoms with Gasteiger partial charge in [-0.05, 0) is 55.7 Å². The quantitative estimate of drug-likeness (QED) is 0.270. The van der Waals surface area contributed by atoms with Crippen LogP contribution in [0.1, 0.15) is 31.9 Å². The Labute approximate surface area is 200 Å². The number of ether oxygens (including phenoxy) is 6. The summed E-state index contributed by atoms with van der Waals surface area (Å²) >= 11 is 0. The van der Waals surface area contributed by atoms with Crippen molar-refractivity contribution in [3.05, 3.63) is 53.6 Å². The van der Waals surface area contributed by atoms with Gasteiger partial charge in [-0.15, -0.1) is 0 Å². The standard InChI is InChI=1S/C26H32O8/c1-26(2,3)34-23(27)11-10-18-8-7-9-19(12-18)25-20(14-24(28)31-6)13-21(32-16-29-4)15-22(25)33-17-30-5/h7-13,15H,14,16-17H2,1-6H3/b11-10+. The highest BCUT2D eigenvalue weighted by Gasteiger charge is 2.19. The molecule has 0 spiro atoms. The molecule has 8 nitrogen and oxygen atoms in total. The van der Waals surface area contributed by atoms with Gasteiger partial charge in [-0.1, -0.05) is 18.2 Å². The van der Waals surface area contributed by atoms with E-state index in [2.05, 4.69) is 0 Å². The second-order valence-corrected chi connectivity index (χ2v) is 8.30. The Morgan fingerprint density at radius 3 is 2.29 bits per heavy atom. The molecular formula is C26H32O8. The molecule has 0 radical (unpaired) electrons. The third-order valence-electron chi connectivity index (χ3n) is 4.39. The molecule has 0 saturated heterocycles. The summed E-state index contributed by atoms with van der Waals surface area (Å²) in [6.07, 6.45) is 3.05. The minimum Gasteiger partial charge on any atom is -0.469 e. The highest BCUT2D eigenvalue weighted by Crippen LogP contribution is 2.38. The van der Waals surface area contributed by atoms with E-state index in [1.807, 2.05) is 45.0 Å². The van der Waals surface area contributed by atoms with Crippen molar-refractivity contribution < 1.29 is 38.0 Å². The van der Waals surface area contributed by atoms with Crippen LogP contribution in [0, 0.1) is 0 Å². The number of carbonyl (C=O) groups excluding carboxylic acids is 2. The van der Waals surface area contributed by atoms with Gasteiger partial charge >= 0.3 is 11.9 Å².